The molecule has 0 radical (unpaired) electrons. The van der Waals surface area contributed by atoms with E-state index < -0.39 is 23.6 Å². The number of aromatic hydroxyl groups is 1. The van der Waals surface area contributed by atoms with Crippen LogP contribution < -0.4 is 5.32 Å². The van der Waals surface area contributed by atoms with E-state index >= 15 is 0 Å². The Balaban J connectivity index is 1.94. The van der Waals surface area contributed by atoms with Crippen molar-refractivity contribution in [1.82, 2.24) is 0 Å². The zero-order valence-corrected chi connectivity index (χ0v) is 20.0. The van der Waals surface area contributed by atoms with Crippen molar-refractivity contribution in [2.75, 3.05) is 5.32 Å². The van der Waals surface area contributed by atoms with Crippen LogP contribution in [0.2, 0.25) is 0 Å². The number of rotatable bonds is 8. The van der Waals surface area contributed by atoms with Gasteiger partial charge in [-0.2, -0.15) is 0 Å². The number of benzene rings is 3. The van der Waals surface area contributed by atoms with Crippen molar-refractivity contribution >= 4 is 44.5 Å². The second kappa shape index (κ2) is 10.5. The van der Waals surface area contributed by atoms with Gasteiger partial charge in [-0.15, -0.1) is 0 Å². The molecule has 0 aliphatic heterocycles. The predicted octanol–water partition coefficient (Wildman–Crippen LogP) is 7.04. The number of halogens is 1. The first-order chi connectivity index (χ1) is 15.7. The first kappa shape index (κ1) is 24.3. The zero-order chi connectivity index (χ0) is 24.0. The number of aliphatic carboxylic acids is 1. The average Bonchev–Trinajstić information content (AvgIpc) is 2.77. The summed E-state index contributed by atoms with van der Waals surface area (Å²) in [7, 11) is 0. The maximum absolute atomic E-state index is 12.9. The predicted molar refractivity (Wildman–Crippen MR) is 132 cm³/mol. The molecule has 1 atom stereocenters. The highest BCUT2D eigenvalue weighted by atomic mass is 79.9. The van der Waals surface area contributed by atoms with E-state index in [1.807, 2.05) is 50.2 Å². The van der Waals surface area contributed by atoms with Gasteiger partial charge >= 0.3 is 12.1 Å². The lowest BCUT2D eigenvalue weighted by molar-refractivity contribution is -0.131. The van der Waals surface area contributed by atoms with Gasteiger partial charge in [0.1, 0.15) is 11.9 Å². The summed E-state index contributed by atoms with van der Waals surface area (Å²) >= 11 is 3.37. The highest BCUT2D eigenvalue weighted by Gasteiger charge is 2.35. The Morgan fingerprint density at radius 3 is 2.39 bits per heavy atom. The van der Waals surface area contributed by atoms with Crippen molar-refractivity contribution < 1.29 is 24.5 Å². The van der Waals surface area contributed by atoms with Crippen LogP contribution in [0.4, 0.5) is 10.5 Å². The van der Waals surface area contributed by atoms with E-state index in [0.29, 0.717) is 23.9 Å². The number of ether oxygens (including phenoxy) is 1. The molecule has 3 aromatic rings. The molecule has 0 saturated heterocycles. The molecule has 172 valence electrons. The fourth-order valence-electron chi connectivity index (χ4n) is 3.74. The summed E-state index contributed by atoms with van der Waals surface area (Å²) in [6.45, 7) is 3.95. The van der Waals surface area contributed by atoms with Gasteiger partial charge in [0.25, 0.3) is 0 Å². The Morgan fingerprint density at radius 1 is 1.06 bits per heavy atom. The largest absolute Gasteiger partial charge is 0.507 e. The highest BCUT2D eigenvalue weighted by molar-refractivity contribution is 9.10. The zero-order valence-electron chi connectivity index (χ0n) is 18.4. The molecular formula is C26H26BrNO5. The van der Waals surface area contributed by atoms with Crippen molar-refractivity contribution in [3.8, 4) is 5.75 Å². The monoisotopic (exact) mass is 511 g/mol. The number of hydrogen-bond donors (Lipinski definition) is 3. The van der Waals surface area contributed by atoms with Gasteiger partial charge in [0, 0.05) is 32.6 Å². The molecule has 0 heterocycles. The molecule has 33 heavy (non-hydrogen) atoms. The maximum atomic E-state index is 12.9. The Kier molecular flexibility index (Phi) is 7.76. The summed E-state index contributed by atoms with van der Waals surface area (Å²) in [4.78, 5) is 23.7. The van der Waals surface area contributed by atoms with Crippen LogP contribution in [0, 0.1) is 5.41 Å². The number of carboxylic acids is 1. The fourth-order valence-corrected chi connectivity index (χ4v) is 4.00. The van der Waals surface area contributed by atoms with Crippen molar-refractivity contribution in [3.05, 3.63) is 82.9 Å². The summed E-state index contributed by atoms with van der Waals surface area (Å²) in [5, 5.41) is 23.4. The van der Waals surface area contributed by atoms with E-state index in [9.17, 15) is 14.7 Å². The van der Waals surface area contributed by atoms with Crippen LogP contribution in [0.3, 0.4) is 0 Å². The molecule has 0 saturated carbocycles. The standard InChI is InChI=1S/C26H26BrNO5/c1-26(2,16-6-5-9-23(30)31)24(33-25(32)28-18-12-10-17(27)11-13-18)21-14-15-22(29)20-8-4-3-7-19(20)21/h3-5,7-15,24,29H,6,16H2,1-2H3,(H,28,32)(H,30,31)/b9-5+/t24-/m0/s1. The van der Waals surface area contributed by atoms with Crippen LogP contribution in [0.25, 0.3) is 10.8 Å². The quantitative estimate of drug-likeness (QED) is 0.281. The third-order valence-electron chi connectivity index (χ3n) is 5.46. The van der Waals surface area contributed by atoms with E-state index in [4.69, 9.17) is 9.84 Å². The number of carboxylic acid groups (broad SMARTS) is 1. The summed E-state index contributed by atoms with van der Waals surface area (Å²) in [5.74, 6) is -0.853. The Hall–Kier alpha value is -3.32. The number of phenols is 1. The van der Waals surface area contributed by atoms with Crippen LogP contribution in [-0.2, 0) is 9.53 Å². The van der Waals surface area contributed by atoms with Crippen LogP contribution in [0.15, 0.2) is 77.3 Å². The number of carbonyl (C=O) groups excluding carboxylic acids is 1. The summed E-state index contributed by atoms with van der Waals surface area (Å²) in [5.41, 5.74) is 0.820. The molecule has 7 heteroatoms. The molecule has 0 fully saturated rings. The van der Waals surface area contributed by atoms with E-state index in [1.165, 1.54) is 0 Å². The number of carbonyl (C=O) groups is 2. The van der Waals surface area contributed by atoms with Gasteiger partial charge in [-0.3, -0.25) is 5.32 Å². The van der Waals surface area contributed by atoms with Crippen molar-refractivity contribution in [3.63, 3.8) is 0 Å². The molecule has 3 aromatic carbocycles. The maximum Gasteiger partial charge on any atom is 0.412 e. The first-order valence-corrected chi connectivity index (χ1v) is 11.3. The van der Waals surface area contributed by atoms with Gasteiger partial charge in [-0.25, -0.2) is 9.59 Å². The molecule has 3 N–H and O–H groups in total. The molecule has 3 rings (SSSR count). The number of anilines is 1. The summed E-state index contributed by atoms with van der Waals surface area (Å²) in [6, 6.07) is 17.9. The van der Waals surface area contributed by atoms with E-state index in [1.54, 1.807) is 30.3 Å². The number of allylic oxidation sites excluding steroid dienone is 1. The van der Waals surface area contributed by atoms with E-state index in [0.717, 1.165) is 21.5 Å². The first-order valence-electron chi connectivity index (χ1n) is 10.5. The third kappa shape index (κ3) is 6.35. The van der Waals surface area contributed by atoms with Crippen LogP contribution in [0.1, 0.15) is 38.4 Å². The summed E-state index contributed by atoms with van der Waals surface area (Å²) in [6.07, 6.45) is 2.52. The molecule has 0 bridgehead atoms. The SMILES string of the molecule is CC(C)(CC/C=C/C(=O)O)[C@@H](OC(=O)Nc1ccc(Br)cc1)c1ccc(O)c2ccccc12. The number of fused-ring (bicyclic) bond motifs is 1. The van der Waals surface area contributed by atoms with Gasteiger partial charge in [0.2, 0.25) is 0 Å². The Morgan fingerprint density at radius 2 is 1.73 bits per heavy atom. The van der Waals surface area contributed by atoms with Crippen molar-refractivity contribution in [1.29, 1.82) is 0 Å². The van der Waals surface area contributed by atoms with Gasteiger partial charge in [-0.05, 0) is 48.6 Å². The normalized spacial score (nSPS) is 12.6. The van der Waals surface area contributed by atoms with Crippen LogP contribution in [-0.4, -0.2) is 22.3 Å². The van der Waals surface area contributed by atoms with Gasteiger partial charge in [0.05, 0.1) is 0 Å². The third-order valence-corrected chi connectivity index (χ3v) is 5.99. The number of nitrogens with one attached hydrogen (secondary N) is 1. The van der Waals surface area contributed by atoms with Gasteiger partial charge in [-0.1, -0.05) is 66.2 Å². The average molecular weight is 512 g/mol. The van der Waals surface area contributed by atoms with Gasteiger partial charge < -0.3 is 14.9 Å². The lowest BCUT2D eigenvalue weighted by Gasteiger charge is -2.35. The summed E-state index contributed by atoms with van der Waals surface area (Å²) < 4.78 is 6.87. The van der Waals surface area contributed by atoms with E-state index in [-0.39, 0.29) is 5.75 Å². The molecule has 0 aliphatic rings. The molecule has 0 spiro atoms. The van der Waals surface area contributed by atoms with Gasteiger partial charge in [0.15, 0.2) is 0 Å². The fraction of sp³-hybridized carbons (Fsp3) is 0.231. The molecule has 0 aromatic heterocycles. The Bertz CT molecular complexity index is 1170. The minimum atomic E-state index is -1.00. The van der Waals surface area contributed by atoms with Crippen molar-refractivity contribution in [2.24, 2.45) is 5.41 Å². The number of phenolic OH excluding ortho intramolecular Hbond substituents is 1. The van der Waals surface area contributed by atoms with Crippen molar-refractivity contribution in [2.45, 2.75) is 32.8 Å². The molecular weight excluding hydrogens is 486 g/mol. The molecule has 0 unspecified atom stereocenters. The second-order valence-electron chi connectivity index (χ2n) is 8.40. The van der Waals surface area contributed by atoms with Crippen LogP contribution in [0.5, 0.6) is 5.75 Å². The molecule has 6 nitrogen and oxygen atoms in total. The lowest BCUT2D eigenvalue weighted by Crippen LogP contribution is -2.29. The Labute approximate surface area is 201 Å². The van der Waals surface area contributed by atoms with Crippen LogP contribution >= 0.6 is 15.9 Å². The topological polar surface area (TPSA) is 95.9 Å². The molecule has 1 amide bonds. The second-order valence-corrected chi connectivity index (χ2v) is 9.32. The molecule has 0 aliphatic carbocycles. The smallest absolute Gasteiger partial charge is 0.412 e. The number of hydrogen-bond acceptors (Lipinski definition) is 4. The number of amides is 1. The lowest BCUT2D eigenvalue weighted by atomic mass is 9.77. The highest BCUT2D eigenvalue weighted by Crippen LogP contribution is 2.44. The van der Waals surface area contributed by atoms with E-state index in [2.05, 4.69) is 21.2 Å². The minimum Gasteiger partial charge on any atom is -0.507 e. The minimum absolute atomic E-state index is 0.148.